The molecule has 0 saturated carbocycles. The van der Waals surface area contributed by atoms with Gasteiger partial charge in [-0.25, -0.2) is 8.42 Å². The predicted molar refractivity (Wildman–Crippen MR) is 98.9 cm³/mol. The number of anilines is 2. The van der Waals surface area contributed by atoms with E-state index in [2.05, 4.69) is 0 Å². The van der Waals surface area contributed by atoms with Gasteiger partial charge >= 0.3 is 11.9 Å². The van der Waals surface area contributed by atoms with Crippen molar-refractivity contribution in [2.75, 3.05) is 36.5 Å². The van der Waals surface area contributed by atoms with Crippen LogP contribution in [0.15, 0.2) is 23.1 Å². The highest BCUT2D eigenvalue weighted by atomic mass is 32.2. The normalized spacial score (nSPS) is 19.4. The van der Waals surface area contributed by atoms with Crippen LogP contribution >= 0.6 is 0 Å². The van der Waals surface area contributed by atoms with Gasteiger partial charge in [0, 0.05) is 13.6 Å². The molecule has 2 aliphatic rings. The zero-order valence-corrected chi connectivity index (χ0v) is 16.1. The first-order valence-electron chi connectivity index (χ1n) is 8.75. The van der Waals surface area contributed by atoms with E-state index in [0.29, 0.717) is 23.0 Å². The summed E-state index contributed by atoms with van der Waals surface area (Å²) in [6.45, 7) is -0.675. The van der Waals surface area contributed by atoms with E-state index < -0.39 is 41.1 Å². The largest absolute Gasteiger partial charge is 0.480 e. The molecule has 1 aromatic rings. The number of carboxylic acid groups (broad SMARTS) is 2. The first-order chi connectivity index (χ1) is 13.1. The van der Waals surface area contributed by atoms with E-state index in [-0.39, 0.29) is 16.5 Å². The molecule has 0 bridgehead atoms. The van der Waals surface area contributed by atoms with Gasteiger partial charge in [-0.1, -0.05) is 0 Å². The number of carboxylic acids is 2. The molecule has 11 heteroatoms. The van der Waals surface area contributed by atoms with Gasteiger partial charge in [-0.2, -0.15) is 4.31 Å². The molecular weight excluding hydrogens is 390 g/mol. The second-order valence-electron chi connectivity index (χ2n) is 6.83. The Morgan fingerprint density at radius 3 is 2.54 bits per heavy atom. The third-order valence-corrected chi connectivity index (χ3v) is 6.76. The highest BCUT2D eigenvalue weighted by Gasteiger charge is 2.40. The first kappa shape index (κ1) is 20.1. The van der Waals surface area contributed by atoms with Gasteiger partial charge in [0.25, 0.3) is 0 Å². The molecule has 1 atom stereocenters. The number of aliphatic carboxylic acids is 2. The molecule has 2 aliphatic heterocycles. The number of amides is 1. The average Bonchev–Trinajstić information content (AvgIpc) is 2.63. The summed E-state index contributed by atoms with van der Waals surface area (Å²) in [6.07, 6.45) is 2.34. The molecule has 0 aromatic heterocycles. The zero-order valence-electron chi connectivity index (χ0n) is 15.2. The fourth-order valence-electron chi connectivity index (χ4n) is 3.65. The van der Waals surface area contributed by atoms with Crippen LogP contribution in [-0.4, -0.2) is 73.5 Å². The molecule has 0 aliphatic carbocycles. The van der Waals surface area contributed by atoms with Crippen LogP contribution in [0.1, 0.15) is 19.3 Å². The highest BCUT2D eigenvalue weighted by Crippen LogP contribution is 2.40. The van der Waals surface area contributed by atoms with E-state index in [4.69, 9.17) is 5.11 Å². The van der Waals surface area contributed by atoms with Crippen molar-refractivity contribution in [3.8, 4) is 0 Å². The lowest BCUT2D eigenvalue weighted by Crippen LogP contribution is -2.56. The maximum atomic E-state index is 12.9. The number of carbonyl (C=O) groups is 3. The fourth-order valence-corrected chi connectivity index (χ4v) is 4.79. The Morgan fingerprint density at radius 1 is 1.18 bits per heavy atom. The Bertz CT molecular complexity index is 931. The van der Waals surface area contributed by atoms with Gasteiger partial charge in [0.15, 0.2) is 0 Å². The van der Waals surface area contributed by atoms with Crippen molar-refractivity contribution in [3.05, 3.63) is 18.2 Å². The van der Waals surface area contributed by atoms with Crippen LogP contribution in [-0.2, 0) is 24.4 Å². The number of hydrogen-bond donors (Lipinski definition) is 2. The minimum atomic E-state index is -4.12. The number of rotatable bonds is 6. The van der Waals surface area contributed by atoms with Crippen LogP contribution < -0.4 is 9.80 Å². The molecular formula is C17H21N3O7S. The minimum absolute atomic E-state index is 0.200. The molecule has 152 valence electrons. The van der Waals surface area contributed by atoms with Gasteiger partial charge < -0.3 is 15.1 Å². The van der Waals surface area contributed by atoms with Crippen molar-refractivity contribution in [1.29, 1.82) is 0 Å². The van der Waals surface area contributed by atoms with Gasteiger partial charge in [0.05, 0.1) is 16.3 Å². The van der Waals surface area contributed by atoms with Crippen LogP contribution in [0.3, 0.4) is 0 Å². The summed E-state index contributed by atoms with van der Waals surface area (Å²) >= 11 is 0. The molecule has 2 N–H and O–H groups in total. The number of piperidine rings is 1. The molecule has 28 heavy (non-hydrogen) atoms. The smallest absolute Gasteiger partial charge is 0.323 e. The third-order valence-electron chi connectivity index (χ3n) is 4.96. The van der Waals surface area contributed by atoms with Crippen molar-refractivity contribution in [3.63, 3.8) is 0 Å². The van der Waals surface area contributed by atoms with Crippen LogP contribution in [0.5, 0.6) is 0 Å². The highest BCUT2D eigenvalue weighted by molar-refractivity contribution is 7.89. The van der Waals surface area contributed by atoms with E-state index in [1.165, 1.54) is 12.1 Å². The van der Waals surface area contributed by atoms with Gasteiger partial charge in [-0.05, 0) is 37.5 Å². The Balaban J connectivity index is 2.08. The Hall–Kier alpha value is -2.66. The van der Waals surface area contributed by atoms with Crippen LogP contribution in [0, 0.1) is 0 Å². The predicted octanol–water partition coefficient (Wildman–Crippen LogP) is 0.182. The number of fused-ring (bicyclic) bond motifs is 3. The molecule has 1 aromatic carbocycles. The van der Waals surface area contributed by atoms with Crippen LogP contribution in [0.4, 0.5) is 11.4 Å². The van der Waals surface area contributed by atoms with E-state index in [9.17, 15) is 27.9 Å². The summed E-state index contributed by atoms with van der Waals surface area (Å²) in [5, 5.41) is 18.1. The molecule has 1 amide bonds. The molecule has 3 rings (SSSR count). The number of carbonyl (C=O) groups excluding carboxylic acids is 1. The van der Waals surface area contributed by atoms with Crippen LogP contribution in [0.2, 0.25) is 0 Å². The first-order valence-corrected chi connectivity index (χ1v) is 10.2. The SMILES string of the molecule is CN(CC(=O)O)S(=O)(=O)c1ccc2c(c1)N(CC(=O)O)C(=O)[C@H]1CCCCN21. The van der Waals surface area contributed by atoms with Crippen molar-refractivity contribution in [2.45, 2.75) is 30.2 Å². The zero-order chi connectivity index (χ0) is 20.6. The number of nitrogens with zero attached hydrogens (tertiary/aromatic N) is 3. The molecule has 2 heterocycles. The maximum absolute atomic E-state index is 12.9. The summed E-state index contributed by atoms with van der Waals surface area (Å²) in [6, 6.07) is 3.69. The summed E-state index contributed by atoms with van der Waals surface area (Å²) in [5.74, 6) is -2.88. The standard InChI is InChI=1S/C17H21N3O7S/c1-18(9-15(21)22)28(26,27)11-5-6-12-14(8-11)20(10-16(23)24)17(25)13-4-2-3-7-19(12)13/h5-6,8,13H,2-4,7,9-10H2,1H3,(H,21,22)(H,23,24)/t13-/m1/s1. The van der Waals surface area contributed by atoms with Crippen LogP contribution in [0.25, 0.3) is 0 Å². The summed E-state index contributed by atoms with van der Waals surface area (Å²) in [5.41, 5.74) is 0.806. The lowest BCUT2D eigenvalue weighted by atomic mass is 9.96. The third kappa shape index (κ3) is 3.54. The second-order valence-corrected chi connectivity index (χ2v) is 8.87. The summed E-state index contributed by atoms with van der Waals surface area (Å²) in [7, 11) is -2.98. The number of sulfonamides is 1. The molecule has 0 spiro atoms. The number of hydrogen-bond acceptors (Lipinski definition) is 6. The van der Waals surface area contributed by atoms with E-state index in [1.807, 2.05) is 4.90 Å². The fraction of sp³-hybridized carbons (Fsp3) is 0.471. The van der Waals surface area contributed by atoms with Gasteiger partial charge in [0.1, 0.15) is 19.1 Å². The minimum Gasteiger partial charge on any atom is -0.480 e. The molecule has 1 saturated heterocycles. The molecule has 0 radical (unpaired) electrons. The second kappa shape index (κ2) is 7.40. The quantitative estimate of drug-likeness (QED) is 0.677. The van der Waals surface area contributed by atoms with Crippen molar-refractivity contribution in [1.82, 2.24) is 4.31 Å². The lowest BCUT2D eigenvalue weighted by Gasteiger charge is -2.45. The maximum Gasteiger partial charge on any atom is 0.323 e. The summed E-state index contributed by atoms with van der Waals surface area (Å²) < 4.78 is 26.0. The Kier molecular flexibility index (Phi) is 5.31. The molecule has 10 nitrogen and oxygen atoms in total. The lowest BCUT2D eigenvalue weighted by molar-refractivity contribution is -0.137. The van der Waals surface area contributed by atoms with Gasteiger partial charge in [-0.15, -0.1) is 0 Å². The average molecular weight is 411 g/mol. The topological polar surface area (TPSA) is 136 Å². The molecule has 1 fully saturated rings. The van der Waals surface area contributed by atoms with Gasteiger partial charge in [-0.3, -0.25) is 19.3 Å². The van der Waals surface area contributed by atoms with E-state index in [1.54, 1.807) is 6.07 Å². The van der Waals surface area contributed by atoms with Crippen molar-refractivity contribution < 1.29 is 33.0 Å². The molecule has 0 unspecified atom stereocenters. The number of likely N-dealkylation sites (N-methyl/N-ethyl adjacent to an activating group) is 1. The van der Waals surface area contributed by atoms with E-state index in [0.717, 1.165) is 24.8 Å². The van der Waals surface area contributed by atoms with Gasteiger partial charge in [0.2, 0.25) is 15.9 Å². The Morgan fingerprint density at radius 2 is 1.89 bits per heavy atom. The summed E-state index contributed by atoms with van der Waals surface area (Å²) in [4.78, 5) is 37.8. The van der Waals surface area contributed by atoms with E-state index >= 15 is 0 Å². The number of benzene rings is 1. The monoisotopic (exact) mass is 411 g/mol. The Labute approximate surface area is 162 Å². The van der Waals surface area contributed by atoms with Crippen molar-refractivity contribution in [2.24, 2.45) is 0 Å². The van der Waals surface area contributed by atoms with Crippen molar-refractivity contribution >= 4 is 39.2 Å².